The summed E-state index contributed by atoms with van der Waals surface area (Å²) in [5, 5.41) is 0. The van der Waals surface area contributed by atoms with Crippen LogP contribution in [0.5, 0.6) is 0 Å². The fraction of sp³-hybridized carbons (Fsp3) is 0.294. The molecule has 21 heavy (non-hydrogen) atoms. The van der Waals surface area contributed by atoms with Gasteiger partial charge in [-0.2, -0.15) is 0 Å². The third-order valence-electron chi connectivity index (χ3n) is 3.61. The maximum atomic E-state index is 11.8. The zero-order valence-corrected chi connectivity index (χ0v) is 12.1. The van der Waals surface area contributed by atoms with Crippen molar-refractivity contribution in [3.8, 4) is 11.5 Å². The molecule has 1 aliphatic heterocycles. The first-order valence-corrected chi connectivity index (χ1v) is 7.30. The van der Waals surface area contributed by atoms with Gasteiger partial charge in [-0.1, -0.05) is 19.8 Å². The van der Waals surface area contributed by atoms with Crippen molar-refractivity contribution in [2.75, 3.05) is 5.73 Å². The van der Waals surface area contributed by atoms with Gasteiger partial charge in [-0.25, -0.2) is 4.98 Å². The number of aryl methyl sites for hydroxylation is 1. The van der Waals surface area contributed by atoms with Crippen molar-refractivity contribution >= 4 is 16.8 Å². The molecular weight excluding hydrogens is 264 g/mol. The van der Waals surface area contributed by atoms with E-state index in [9.17, 15) is 4.79 Å². The molecule has 1 aromatic carbocycles. The highest BCUT2D eigenvalue weighted by Crippen LogP contribution is 2.28. The summed E-state index contributed by atoms with van der Waals surface area (Å²) >= 11 is 0. The van der Waals surface area contributed by atoms with E-state index in [0.717, 1.165) is 42.5 Å². The van der Waals surface area contributed by atoms with Gasteiger partial charge in [0.25, 0.3) is 0 Å². The summed E-state index contributed by atoms with van der Waals surface area (Å²) in [6, 6.07) is 8.54. The van der Waals surface area contributed by atoms with Crippen LogP contribution in [0.4, 0.5) is 5.69 Å². The fourth-order valence-electron chi connectivity index (χ4n) is 2.54. The van der Waals surface area contributed by atoms with E-state index in [0.29, 0.717) is 17.0 Å². The van der Waals surface area contributed by atoms with Crippen LogP contribution >= 0.6 is 0 Å². The Bertz CT molecular complexity index is 808. The van der Waals surface area contributed by atoms with E-state index in [1.807, 2.05) is 6.07 Å². The average molecular weight is 282 g/mol. The Morgan fingerprint density at radius 3 is 2.86 bits per heavy atom. The summed E-state index contributed by atoms with van der Waals surface area (Å²) < 4.78 is 5.81. The summed E-state index contributed by atoms with van der Waals surface area (Å²) in [7, 11) is 0. The molecule has 0 saturated heterocycles. The quantitative estimate of drug-likeness (QED) is 0.451. The molecule has 0 bridgehead atoms. The van der Waals surface area contributed by atoms with Crippen molar-refractivity contribution in [2.24, 2.45) is 0 Å². The van der Waals surface area contributed by atoms with Crippen LogP contribution in [0.1, 0.15) is 31.7 Å². The summed E-state index contributed by atoms with van der Waals surface area (Å²) in [5.41, 5.74) is 9.45. The fourth-order valence-corrected chi connectivity index (χ4v) is 2.54. The van der Waals surface area contributed by atoms with Crippen molar-refractivity contribution in [3.63, 3.8) is 0 Å². The Hall–Kier alpha value is -2.36. The number of unbranched alkanes of at least 4 members (excludes halogenated alkanes) is 2. The van der Waals surface area contributed by atoms with Crippen LogP contribution in [-0.4, -0.2) is 4.98 Å². The van der Waals surface area contributed by atoms with Gasteiger partial charge in [-0.05, 0) is 36.6 Å². The molecule has 0 atom stereocenters. The number of nitrogens with two attached hydrogens (primary N) is 1. The summed E-state index contributed by atoms with van der Waals surface area (Å²) in [5.74, 6) is 0.534. The zero-order chi connectivity index (χ0) is 14.8. The number of benzene rings is 2. The van der Waals surface area contributed by atoms with E-state index >= 15 is 0 Å². The first-order valence-electron chi connectivity index (χ1n) is 7.30. The molecule has 1 aromatic rings. The molecule has 1 aliphatic carbocycles. The Morgan fingerprint density at radius 2 is 2.05 bits per heavy atom. The van der Waals surface area contributed by atoms with Crippen molar-refractivity contribution in [1.82, 2.24) is 4.98 Å². The van der Waals surface area contributed by atoms with Crippen molar-refractivity contribution in [2.45, 2.75) is 32.6 Å². The van der Waals surface area contributed by atoms with Crippen LogP contribution in [0.3, 0.4) is 0 Å². The van der Waals surface area contributed by atoms with Gasteiger partial charge in [-0.15, -0.1) is 0 Å². The maximum Gasteiger partial charge on any atom is 0.182 e. The van der Waals surface area contributed by atoms with Gasteiger partial charge in [0.1, 0.15) is 11.2 Å². The minimum absolute atomic E-state index is 0.0391. The Morgan fingerprint density at radius 1 is 1.19 bits per heavy atom. The molecule has 4 nitrogen and oxygen atoms in total. The lowest BCUT2D eigenvalue weighted by Gasteiger charge is -2.11. The first-order chi connectivity index (χ1) is 10.2. The van der Waals surface area contributed by atoms with Gasteiger partial charge >= 0.3 is 0 Å². The molecule has 0 aromatic heterocycles. The predicted octanol–water partition coefficient (Wildman–Crippen LogP) is 3.61. The minimum atomic E-state index is -0.0391. The standard InChI is InChI=1S/C17H18N2O2/c1-2-3-4-5-11-8-13(20)10-16-17(11)19-14-7-6-12(18)9-15(14)21-16/h6-10H,2-5,18H2,1H3. The molecule has 3 rings (SSSR count). The molecule has 4 heteroatoms. The van der Waals surface area contributed by atoms with Gasteiger partial charge in [0.15, 0.2) is 16.8 Å². The van der Waals surface area contributed by atoms with Gasteiger partial charge in [0.2, 0.25) is 0 Å². The number of nitrogens with zero attached hydrogens (tertiary/aromatic N) is 1. The number of fused-ring (bicyclic) bond motifs is 2. The van der Waals surface area contributed by atoms with Gasteiger partial charge in [0, 0.05) is 17.8 Å². The molecule has 0 radical (unpaired) electrons. The van der Waals surface area contributed by atoms with E-state index in [2.05, 4.69) is 11.9 Å². The number of nitrogen functional groups attached to an aromatic ring is 1. The molecule has 1 heterocycles. The SMILES string of the molecule is CCCCCc1cc(=O)cc2oc3cc(N)ccc3nc1-2. The zero-order valence-electron chi connectivity index (χ0n) is 12.1. The summed E-state index contributed by atoms with van der Waals surface area (Å²) in [4.78, 5) is 16.5. The van der Waals surface area contributed by atoms with E-state index in [4.69, 9.17) is 10.2 Å². The van der Waals surface area contributed by atoms with Gasteiger partial charge < -0.3 is 10.2 Å². The maximum absolute atomic E-state index is 11.8. The molecule has 0 fully saturated rings. The largest absolute Gasteiger partial charge is 0.453 e. The van der Waals surface area contributed by atoms with E-state index in [1.54, 1.807) is 18.2 Å². The van der Waals surface area contributed by atoms with Gasteiger partial charge in [-0.3, -0.25) is 4.79 Å². The Balaban J connectivity index is 2.16. The smallest absolute Gasteiger partial charge is 0.182 e. The second-order valence-corrected chi connectivity index (χ2v) is 5.33. The Labute approximate surface area is 122 Å². The van der Waals surface area contributed by atoms with E-state index in [-0.39, 0.29) is 5.43 Å². The van der Waals surface area contributed by atoms with Crippen molar-refractivity contribution in [3.05, 3.63) is 46.1 Å². The Kier molecular flexibility index (Phi) is 3.60. The van der Waals surface area contributed by atoms with Crippen LogP contribution < -0.4 is 11.2 Å². The predicted molar refractivity (Wildman–Crippen MR) is 84.5 cm³/mol. The molecule has 0 saturated carbocycles. The third-order valence-corrected chi connectivity index (χ3v) is 3.61. The number of rotatable bonds is 4. The molecular formula is C17H18N2O2. The first kappa shape index (κ1) is 13.6. The second-order valence-electron chi connectivity index (χ2n) is 5.33. The van der Waals surface area contributed by atoms with Crippen LogP contribution in [0.15, 0.2) is 39.5 Å². The van der Waals surface area contributed by atoms with E-state index < -0.39 is 0 Å². The van der Waals surface area contributed by atoms with Crippen LogP contribution in [0.25, 0.3) is 22.6 Å². The van der Waals surface area contributed by atoms with Gasteiger partial charge in [0.05, 0.1) is 0 Å². The van der Waals surface area contributed by atoms with Crippen LogP contribution in [0.2, 0.25) is 0 Å². The van der Waals surface area contributed by atoms with Crippen LogP contribution in [-0.2, 0) is 6.42 Å². The second kappa shape index (κ2) is 5.56. The molecule has 2 aliphatic rings. The highest BCUT2D eigenvalue weighted by atomic mass is 16.3. The molecule has 0 unspecified atom stereocenters. The lowest BCUT2D eigenvalue weighted by molar-refractivity contribution is 0.609. The summed E-state index contributed by atoms with van der Waals surface area (Å²) in [6.07, 6.45) is 4.20. The molecule has 2 N–H and O–H groups in total. The summed E-state index contributed by atoms with van der Waals surface area (Å²) in [6.45, 7) is 2.16. The van der Waals surface area contributed by atoms with Crippen molar-refractivity contribution < 1.29 is 4.42 Å². The molecule has 0 amide bonds. The highest BCUT2D eigenvalue weighted by molar-refractivity contribution is 5.79. The lowest BCUT2D eigenvalue weighted by Crippen LogP contribution is -2.06. The number of hydrogen-bond donors (Lipinski definition) is 1. The topological polar surface area (TPSA) is 69.1 Å². The van der Waals surface area contributed by atoms with E-state index in [1.165, 1.54) is 6.07 Å². The number of aromatic nitrogens is 1. The highest BCUT2D eigenvalue weighted by Gasteiger charge is 2.15. The number of anilines is 1. The lowest BCUT2D eigenvalue weighted by atomic mass is 10.0. The third kappa shape index (κ3) is 2.75. The van der Waals surface area contributed by atoms with Crippen molar-refractivity contribution in [1.29, 1.82) is 0 Å². The molecule has 0 spiro atoms. The van der Waals surface area contributed by atoms with Crippen LogP contribution in [0, 0.1) is 0 Å². The average Bonchev–Trinajstić information content (AvgIpc) is 2.45. The minimum Gasteiger partial charge on any atom is -0.453 e. The number of hydrogen-bond acceptors (Lipinski definition) is 4. The normalized spacial score (nSPS) is 11.3. The monoisotopic (exact) mass is 282 g/mol. The molecule has 108 valence electrons.